The van der Waals surface area contributed by atoms with Crippen molar-refractivity contribution in [2.24, 2.45) is 7.05 Å². The molecule has 0 spiro atoms. The van der Waals surface area contributed by atoms with E-state index in [1.54, 1.807) is 0 Å². The molecule has 1 heterocycles. The van der Waals surface area contributed by atoms with Crippen LogP contribution in [0, 0.1) is 4.51 Å². The average Bonchev–Trinajstić information content (AvgIpc) is 2.07. The van der Waals surface area contributed by atoms with Gasteiger partial charge in [0, 0.05) is 29.0 Å². The highest BCUT2D eigenvalue weighted by Crippen LogP contribution is 2.21. The summed E-state index contributed by atoms with van der Waals surface area (Å²) in [5.74, 6) is 0. The van der Waals surface area contributed by atoms with Crippen molar-refractivity contribution >= 4 is 12.2 Å². The fourth-order valence-corrected chi connectivity index (χ4v) is 1.61. The summed E-state index contributed by atoms with van der Waals surface area (Å²) < 4.78 is 2.99. The highest BCUT2D eigenvalue weighted by atomic mass is 32.1. The highest BCUT2D eigenvalue weighted by molar-refractivity contribution is 7.71. The molecule has 0 atom stereocenters. The van der Waals surface area contributed by atoms with E-state index in [1.165, 1.54) is 5.69 Å². The van der Waals surface area contributed by atoms with Crippen LogP contribution >= 0.6 is 12.2 Å². The lowest BCUT2D eigenvalue weighted by molar-refractivity contribution is 0.912. The molecule has 0 aromatic rings. The maximum absolute atomic E-state index is 5.20. The molecule has 0 unspecified atom stereocenters. The molecule has 0 N–H and O–H groups in total. The SMILES string of the molecule is Cn1cccc2c(=S)cccc1-2. The first-order chi connectivity index (χ1) is 5.79. The van der Waals surface area contributed by atoms with Crippen LogP contribution in [0.3, 0.4) is 0 Å². The molecule has 2 aliphatic rings. The van der Waals surface area contributed by atoms with Crippen LogP contribution in [0.15, 0.2) is 36.5 Å². The molecule has 0 aromatic carbocycles. The fraction of sp³-hybridized carbons (Fsp3) is 0.100. The number of nitrogens with zero attached hydrogens (tertiary/aromatic N) is 1. The first kappa shape index (κ1) is 7.50. The van der Waals surface area contributed by atoms with E-state index in [2.05, 4.69) is 16.7 Å². The van der Waals surface area contributed by atoms with E-state index in [9.17, 15) is 0 Å². The van der Waals surface area contributed by atoms with Gasteiger partial charge in [0.1, 0.15) is 0 Å². The summed E-state index contributed by atoms with van der Waals surface area (Å²) in [5, 5.41) is 0. The Kier molecular flexibility index (Phi) is 1.70. The Morgan fingerprint density at radius 1 is 1.17 bits per heavy atom. The van der Waals surface area contributed by atoms with Crippen LogP contribution in [0.25, 0.3) is 11.3 Å². The lowest BCUT2D eigenvalue weighted by Gasteiger charge is -2.09. The van der Waals surface area contributed by atoms with E-state index in [0.717, 1.165) is 10.1 Å². The van der Waals surface area contributed by atoms with Crippen molar-refractivity contribution in [2.45, 2.75) is 0 Å². The molecule has 0 bridgehead atoms. The van der Waals surface area contributed by atoms with Crippen molar-refractivity contribution in [1.82, 2.24) is 4.57 Å². The third kappa shape index (κ3) is 1.04. The zero-order valence-corrected chi connectivity index (χ0v) is 7.64. The van der Waals surface area contributed by atoms with Gasteiger partial charge in [0.25, 0.3) is 0 Å². The zero-order chi connectivity index (χ0) is 8.55. The largest absolute Gasteiger partial charge is 0.351 e. The Morgan fingerprint density at radius 3 is 2.75 bits per heavy atom. The highest BCUT2D eigenvalue weighted by Gasteiger charge is 2.02. The summed E-state index contributed by atoms with van der Waals surface area (Å²) in [5.41, 5.74) is 2.34. The van der Waals surface area contributed by atoms with Gasteiger partial charge in [-0.15, -0.1) is 0 Å². The third-order valence-corrected chi connectivity index (χ3v) is 2.35. The minimum atomic E-state index is 0.920. The number of aromatic nitrogens is 1. The van der Waals surface area contributed by atoms with Crippen molar-refractivity contribution in [2.75, 3.05) is 0 Å². The molecule has 12 heavy (non-hydrogen) atoms. The molecular weight excluding hydrogens is 166 g/mol. The smallest absolute Gasteiger partial charge is 0.0491 e. The van der Waals surface area contributed by atoms with E-state index < -0.39 is 0 Å². The van der Waals surface area contributed by atoms with Crippen LogP contribution in [0.1, 0.15) is 0 Å². The number of aryl methyl sites for hydroxylation is 1. The number of benzene rings is 1. The van der Waals surface area contributed by atoms with E-state index in [0.29, 0.717) is 0 Å². The van der Waals surface area contributed by atoms with Gasteiger partial charge in [-0.3, -0.25) is 0 Å². The molecule has 0 amide bonds. The summed E-state index contributed by atoms with van der Waals surface area (Å²) >= 11 is 5.20. The molecule has 0 aromatic heterocycles. The van der Waals surface area contributed by atoms with Crippen LogP contribution in [-0.4, -0.2) is 4.57 Å². The monoisotopic (exact) mass is 175 g/mol. The van der Waals surface area contributed by atoms with E-state index in [1.807, 2.05) is 31.4 Å². The van der Waals surface area contributed by atoms with Crippen molar-refractivity contribution in [3.8, 4) is 11.3 Å². The molecule has 1 nitrogen and oxygen atoms in total. The van der Waals surface area contributed by atoms with E-state index in [4.69, 9.17) is 12.2 Å². The van der Waals surface area contributed by atoms with Crippen LogP contribution in [0.2, 0.25) is 0 Å². The summed E-state index contributed by atoms with van der Waals surface area (Å²) in [7, 11) is 2.02. The summed E-state index contributed by atoms with van der Waals surface area (Å²) in [6.07, 6.45) is 2.02. The number of fused-ring (bicyclic) bond motifs is 1. The minimum absolute atomic E-state index is 0.920. The van der Waals surface area contributed by atoms with Crippen LogP contribution in [-0.2, 0) is 7.05 Å². The lowest BCUT2D eigenvalue weighted by atomic mass is 10.1. The summed E-state index contributed by atoms with van der Waals surface area (Å²) in [6, 6.07) is 10.1. The van der Waals surface area contributed by atoms with Crippen molar-refractivity contribution in [3.05, 3.63) is 41.0 Å². The van der Waals surface area contributed by atoms with Gasteiger partial charge in [0.2, 0.25) is 0 Å². The van der Waals surface area contributed by atoms with Gasteiger partial charge in [-0.2, -0.15) is 0 Å². The Balaban J connectivity index is 2.91. The molecule has 2 heteroatoms. The molecule has 0 radical (unpaired) electrons. The first-order valence-corrected chi connectivity index (χ1v) is 4.24. The lowest BCUT2D eigenvalue weighted by Crippen LogP contribution is -1.96. The van der Waals surface area contributed by atoms with Crippen molar-refractivity contribution < 1.29 is 0 Å². The van der Waals surface area contributed by atoms with E-state index in [-0.39, 0.29) is 0 Å². The normalized spacial score (nSPS) is 10.4. The maximum Gasteiger partial charge on any atom is 0.0491 e. The molecule has 2 rings (SSSR count). The van der Waals surface area contributed by atoms with Crippen LogP contribution in [0.5, 0.6) is 0 Å². The number of hydrogen-bond donors (Lipinski definition) is 0. The summed E-state index contributed by atoms with van der Waals surface area (Å²) in [4.78, 5) is 0. The van der Waals surface area contributed by atoms with Gasteiger partial charge in [-0.05, 0) is 24.3 Å². The minimum Gasteiger partial charge on any atom is -0.351 e. The number of rotatable bonds is 0. The Hall–Kier alpha value is -1.15. The molecule has 0 saturated heterocycles. The van der Waals surface area contributed by atoms with E-state index >= 15 is 0 Å². The Morgan fingerprint density at radius 2 is 2.00 bits per heavy atom. The van der Waals surface area contributed by atoms with Crippen LogP contribution < -0.4 is 0 Å². The summed E-state index contributed by atoms with van der Waals surface area (Å²) in [6.45, 7) is 0. The van der Waals surface area contributed by atoms with Gasteiger partial charge in [-0.1, -0.05) is 18.3 Å². The van der Waals surface area contributed by atoms with Gasteiger partial charge >= 0.3 is 0 Å². The number of hydrogen-bond acceptors (Lipinski definition) is 1. The predicted molar refractivity (Wildman–Crippen MR) is 52.9 cm³/mol. The first-order valence-electron chi connectivity index (χ1n) is 3.83. The average molecular weight is 175 g/mol. The van der Waals surface area contributed by atoms with Gasteiger partial charge in [0.15, 0.2) is 0 Å². The Bertz CT molecular complexity index is 430. The van der Waals surface area contributed by atoms with Gasteiger partial charge < -0.3 is 4.57 Å². The molecular formula is C10H9NS. The standard InChI is InChI=1S/C10H9NS/c1-11-7-3-4-8-9(11)5-2-6-10(8)12/h2-7H,1H3. The van der Waals surface area contributed by atoms with Crippen LogP contribution in [0.4, 0.5) is 0 Å². The molecule has 60 valence electrons. The zero-order valence-electron chi connectivity index (χ0n) is 6.82. The Labute approximate surface area is 76.6 Å². The molecule has 1 aliphatic carbocycles. The maximum atomic E-state index is 5.20. The van der Waals surface area contributed by atoms with Crippen molar-refractivity contribution in [1.29, 1.82) is 0 Å². The second kappa shape index (κ2) is 2.72. The van der Waals surface area contributed by atoms with Gasteiger partial charge in [0.05, 0.1) is 0 Å². The van der Waals surface area contributed by atoms with Gasteiger partial charge in [-0.25, -0.2) is 0 Å². The predicted octanol–water partition coefficient (Wildman–Crippen LogP) is 2.86. The quantitative estimate of drug-likeness (QED) is 0.557. The number of pyridine rings is 1. The molecule has 0 saturated carbocycles. The second-order valence-electron chi connectivity index (χ2n) is 2.81. The molecule has 0 fully saturated rings. The molecule has 1 aliphatic heterocycles. The fourth-order valence-electron chi connectivity index (χ4n) is 1.36. The topological polar surface area (TPSA) is 4.93 Å². The third-order valence-electron chi connectivity index (χ3n) is 2.00. The van der Waals surface area contributed by atoms with Crippen molar-refractivity contribution in [3.63, 3.8) is 0 Å². The second-order valence-corrected chi connectivity index (χ2v) is 3.25.